The van der Waals surface area contributed by atoms with Crippen molar-refractivity contribution in [2.24, 2.45) is 5.92 Å². The van der Waals surface area contributed by atoms with Gasteiger partial charge in [-0.3, -0.25) is 14.5 Å². The highest BCUT2D eigenvalue weighted by molar-refractivity contribution is 6.01. The topological polar surface area (TPSA) is 70.7 Å². The maximum Gasteiger partial charge on any atom is 0.251 e. The van der Waals surface area contributed by atoms with E-state index in [1.807, 2.05) is 38.1 Å². The summed E-state index contributed by atoms with van der Waals surface area (Å²) in [4.78, 5) is 27.5. The smallest absolute Gasteiger partial charge is 0.251 e. The second-order valence-corrected chi connectivity index (χ2v) is 7.78. The highest BCUT2D eigenvalue weighted by Gasteiger charge is 2.25. The van der Waals surface area contributed by atoms with E-state index in [9.17, 15) is 14.0 Å². The Morgan fingerprint density at radius 3 is 2.27 bits per heavy atom. The first-order chi connectivity index (χ1) is 14.4. The third-order valence-electron chi connectivity index (χ3n) is 5.07. The molecule has 1 aliphatic heterocycles. The summed E-state index contributed by atoms with van der Waals surface area (Å²) in [6, 6.07) is 12.2. The first-order valence-corrected chi connectivity index (χ1v) is 10.2. The summed E-state index contributed by atoms with van der Waals surface area (Å²) in [7, 11) is 0. The molecule has 1 atom stereocenters. The predicted molar refractivity (Wildman–Crippen MR) is 114 cm³/mol. The van der Waals surface area contributed by atoms with Gasteiger partial charge in [-0.2, -0.15) is 0 Å². The summed E-state index contributed by atoms with van der Waals surface area (Å²) in [5.74, 6) is -1.23. The minimum Gasteiger partial charge on any atom is -0.379 e. The Kier molecular flexibility index (Phi) is 7.54. The Bertz CT molecular complexity index is 847. The SMILES string of the molecule is CC(C)C(NC(=O)c1ccc(F)cc1)C(=O)Nc1ccc(CN2CCOCC2)cc1. The lowest BCUT2D eigenvalue weighted by molar-refractivity contribution is -0.118. The molecule has 7 heteroatoms. The highest BCUT2D eigenvalue weighted by atomic mass is 19.1. The number of amides is 2. The normalized spacial score (nSPS) is 15.6. The minimum atomic E-state index is -0.712. The number of nitrogens with one attached hydrogen (secondary N) is 2. The number of carbonyl (C=O) groups is 2. The number of ether oxygens (including phenoxy) is 1. The molecule has 0 radical (unpaired) electrons. The maximum atomic E-state index is 13.1. The van der Waals surface area contributed by atoms with Crippen LogP contribution in [0.1, 0.15) is 29.8 Å². The quantitative estimate of drug-likeness (QED) is 0.732. The van der Waals surface area contributed by atoms with Gasteiger partial charge in [0.25, 0.3) is 5.91 Å². The average molecular weight is 413 g/mol. The fourth-order valence-corrected chi connectivity index (χ4v) is 3.29. The van der Waals surface area contributed by atoms with E-state index in [1.54, 1.807) is 0 Å². The van der Waals surface area contributed by atoms with Crippen LogP contribution in [0.15, 0.2) is 48.5 Å². The van der Waals surface area contributed by atoms with Crippen molar-refractivity contribution in [1.82, 2.24) is 10.2 Å². The molecule has 160 valence electrons. The zero-order chi connectivity index (χ0) is 21.5. The van der Waals surface area contributed by atoms with Gasteiger partial charge >= 0.3 is 0 Å². The van der Waals surface area contributed by atoms with Gasteiger partial charge in [-0.25, -0.2) is 4.39 Å². The van der Waals surface area contributed by atoms with Crippen molar-refractivity contribution in [3.63, 3.8) is 0 Å². The molecule has 1 aliphatic rings. The van der Waals surface area contributed by atoms with Crippen molar-refractivity contribution < 1.29 is 18.7 Å². The fourth-order valence-electron chi connectivity index (χ4n) is 3.29. The van der Waals surface area contributed by atoms with Crippen molar-refractivity contribution in [3.05, 3.63) is 65.5 Å². The Balaban J connectivity index is 1.58. The number of hydrogen-bond acceptors (Lipinski definition) is 4. The van der Waals surface area contributed by atoms with Crippen LogP contribution in [0.4, 0.5) is 10.1 Å². The van der Waals surface area contributed by atoms with Crippen molar-refractivity contribution >= 4 is 17.5 Å². The van der Waals surface area contributed by atoms with Crippen molar-refractivity contribution in [3.8, 4) is 0 Å². The van der Waals surface area contributed by atoms with Crippen molar-refractivity contribution in [1.29, 1.82) is 0 Å². The van der Waals surface area contributed by atoms with Crippen LogP contribution in [0.25, 0.3) is 0 Å². The second-order valence-electron chi connectivity index (χ2n) is 7.78. The lowest BCUT2D eigenvalue weighted by Gasteiger charge is -2.26. The average Bonchev–Trinajstić information content (AvgIpc) is 2.74. The maximum absolute atomic E-state index is 13.1. The van der Waals surface area contributed by atoms with Gasteiger partial charge < -0.3 is 15.4 Å². The summed E-state index contributed by atoms with van der Waals surface area (Å²) in [6.45, 7) is 7.93. The number of nitrogens with zero attached hydrogens (tertiary/aromatic N) is 1. The molecular formula is C23H28FN3O3. The van der Waals surface area contributed by atoms with E-state index in [0.717, 1.165) is 32.8 Å². The van der Waals surface area contributed by atoms with Crippen LogP contribution in [0.3, 0.4) is 0 Å². The van der Waals surface area contributed by atoms with E-state index < -0.39 is 17.8 Å². The first kappa shape index (κ1) is 21.9. The van der Waals surface area contributed by atoms with Gasteiger partial charge in [0.1, 0.15) is 11.9 Å². The molecule has 0 spiro atoms. The van der Waals surface area contributed by atoms with Gasteiger partial charge in [-0.15, -0.1) is 0 Å². The molecule has 1 unspecified atom stereocenters. The minimum absolute atomic E-state index is 0.116. The molecular weight excluding hydrogens is 385 g/mol. The Labute approximate surface area is 176 Å². The van der Waals surface area contributed by atoms with Crippen molar-refractivity contribution in [2.75, 3.05) is 31.6 Å². The Hall–Kier alpha value is -2.77. The molecule has 0 bridgehead atoms. The zero-order valence-corrected chi connectivity index (χ0v) is 17.4. The summed E-state index contributed by atoms with van der Waals surface area (Å²) >= 11 is 0. The van der Waals surface area contributed by atoms with Gasteiger partial charge in [0.15, 0.2) is 0 Å². The molecule has 2 aromatic rings. The van der Waals surface area contributed by atoms with Crippen LogP contribution in [-0.4, -0.2) is 49.1 Å². The first-order valence-electron chi connectivity index (χ1n) is 10.2. The largest absolute Gasteiger partial charge is 0.379 e. The van der Waals surface area contributed by atoms with E-state index in [0.29, 0.717) is 11.3 Å². The van der Waals surface area contributed by atoms with Gasteiger partial charge in [-0.1, -0.05) is 26.0 Å². The molecule has 0 saturated carbocycles. The molecule has 0 aromatic heterocycles. The van der Waals surface area contributed by atoms with E-state index in [2.05, 4.69) is 15.5 Å². The number of hydrogen-bond donors (Lipinski definition) is 2. The van der Waals surface area contributed by atoms with Crippen LogP contribution in [0.5, 0.6) is 0 Å². The second kappa shape index (κ2) is 10.3. The third kappa shape index (κ3) is 6.11. The molecule has 2 aromatic carbocycles. The molecule has 6 nitrogen and oxygen atoms in total. The van der Waals surface area contributed by atoms with Crippen LogP contribution in [-0.2, 0) is 16.1 Å². The van der Waals surface area contributed by atoms with Gasteiger partial charge in [0, 0.05) is 30.9 Å². The number of carbonyl (C=O) groups excluding carboxylic acids is 2. The van der Waals surface area contributed by atoms with E-state index in [4.69, 9.17) is 4.74 Å². The lowest BCUT2D eigenvalue weighted by atomic mass is 10.0. The van der Waals surface area contributed by atoms with E-state index >= 15 is 0 Å². The molecule has 1 saturated heterocycles. The van der Waals surface area contributed by atoms with Crippen LogP contribution in [0.2, 0.25) is 0 Å². The number of morpholine rings is 1. The standard InChI is InChI=1S/C23H28FN3O3/c1-16(2)21(26-22(28)18-5-7-19(24)8-6-18)23(29)25-20-9-3-17(4-10-20)15-27-11-13-30-14-12-27/h3-10,16,21H,11-15H2,1-2H3,(H,25,29)(H,26,28). The number of anilines is 1. The highest BCUT2D eigenvalue weighted by Crippen LogP contribution is 2.14. The Morgan fingerprint density at radius 2 is 1.67 bits per heavy atom. The van der Waals surface area contributed by atoms with Crippen LogP contribution in [0, 0.1) is 11.7 Å². The van der Waals surface area contributed by atoms with E-state index in [-0.39, 0.29) is 11.8 Å². The summed E-state index contributed by atoms with van der Waals surface area (Å²) < 4.78 is 18.4. The van der Waals surface area contributed by atoms with Crippen LogP contribution < -0.4 is 10.6 Å². The Morgan fingerprint density at radius 1 is 1.03 bits per heavy atom. The summed E-state index contributed by atoms with van der Waals surface area (Å²) in [5.41, 5.74) is 2.15. The predicted octanol–water partition coefficient (Wildman–Crippen LogP) is 3.05. The molecule has 3 rings (SSSR count). The number of halogens is 1. The fraction of sp³-hybridized carbons (Fsp3) is 0.391. The molecule has 1 fully saturated rings. The summed E-state index contributed by atoms with van der Waals surface area (Å²) in [5, 5.41) is 5.62. The molecule has 2 N–H and O–H groups in total. The number of benzene rings is 2. The van der Waals surface area contributed by atoms with E-state index in [1.165, 1.54) is 29.8 Å². The molecule has 2 amide bonds. The van der Waals surface area contributed by atoms with Gasteiger partial charge in [0.2, 0.25) is 5.91 Å². The zero-order valence-electron chi connectivity index (χ0n) is 17.4. The lowest BCUT2D eigenvalue weighted by Crippen LogP contribution is -2.47. The third-order valence-corrected chi connectivity index (χ3v) is 5.07. The monoisotopic (exact) mass is 413 g/mol. The van der Waals surface area contributed by atoms with Gasteiger partial charge in [0.05, 0.1) is 13.2 Å². The summed E-state index contributed by atoms with van der Waals surface area (Å²) in [6.07, 6.45) is 0. The number of rotatable bonds is 7. The molecule has 1 heterocycles. The molecule has 0 aliphatic carbocycles. The molecule has 30 heavy (non-hydrogen) atoms. The van der Waals surface area contributed by atoms with Crippen LogP contribution >= 0.6 is 0 Å². The van der Waals surface area contributed by atoms with Crippen molar-refractivity contribution in [2.45, 2.75) is 26.4 Å². The van der Waals surface area contributed by atoms with Gasteiger partial charge in [-0.05, 0) is 47.9 Å².